The first-order valence-electron chi connectivity index (χ1n) is 6.76. The molecule has 2 rings (SSSR count). The minimum Gasteiger partial charge on any atom is -0.394 e. The van der Waals surface area contributed by atoms with Gasteiger partial charge in [0.05, 0.1) is 12.1 Å². The van der Waals surface area contributed by atoms with Crippen LogP contribution in [-0.4, -0.2) is 21.7 Å². The third-order valence-electron chi connectivity index (χ3n) is 3.52. The minimum atomic E-state index is -0.640. The van der Waals surface area contributed by atoms with Crippen molar-refractivity contribution in [1.82, 2.24) is 9.97 Å². The maximum atomic E-state index is 9.84. The third-order valence-corrected chi connectivity index (χ3v) is 3.52. The van der Waals surface area contributed by atoms with E-state index in [2.05, 4.69) is 20.7 Å². The Bertz CT molecular complexity index is 617. The number of nitrogens with two attached hydrogens (primary N) is 1. The molecule has 1 heterocycles. The van der Waals surface area contributed by atoms with Crippen molar-refractivity contribution < 1.29 is 5.11 Å². The van der Waals surface area contributed by atoms with Crippen LogP contribution in [0.4, 0.5) is 11.6 Å². The van der Waals surface area contributed by atoms with E-state index < -0.39 is 5.54 Å². The summed E-state index contributed by atoms with van der Waals surface area (Å²) in [6, 6.07) is 9.76. The van der Waals surface area contributed by atoms with Gasteiger partial charge in [-0.15, -0.1) is 0 Å². The number of hydrazine groups is 1. The molecule has 5 N–H and O–H groups in total. The van der Waals surface area contributed by atoms with Crippen molar-refractivity contribution in [3.05, 3.63) is 47.3 Å². The molecule has 0 bridgehead atoms. The number of nitrogens with one attached hydrogen (secondary N) is 2. The Hall–Kier alpha value is -2.18. The Morgan fingerprint density at radius 1 is 1.14 bits per heavy atom. The number of aromatic nitrogens is 2. The van der Waals surface area contributed by atoms with E-state index in [1.165, 1.54) is 0 Å². The van der Waals surface area contributed by atoms with Gasteiger partial charge in [-0.3, -0.25) is 0 Å². The summed E-state index contributed by atoms with van der Waals surface area (Å²) in [4.78, 5) is 8.64. The predicted octanol–water partition coefficient (Wildman–Crippen LogP) is 1.70. The first kappa shape index (κ1) is 15.2. The Kier molecular flexibility index (Phi) is 4.40. The second-order valence-electron chi connectivity index (χ2n) is 5.22. The summed E-state index contributed by atoms with van der Waals surface area (Å²) >= 11 is 0. The van der Waals surface area contributed by atoms with E-state index in [1.54, 1.807) is 6.92 Å². The van der Waals surface area contributed by atoms with E-state index in [1.807, 2.05) is 44.2 Å². The molecule has 112 valence electrons. The number of nitrogens with zero attached hydrogens (tertiary/aromatic N) is 2. The Morgan fingerprint density at radius 2 is 1.76 bits per heavy atom. The van der Waals surface area contributed by atoms with Crippen LogP contribution >= 0.6 is 0 Å². The number of rotatable bonds is 5. The van der Waals surface area contributed by atoms with Crippen molar-refractivity contribution >= 4 is 11.6 Å². The largest absolute Gasteiger partial charge is 0.394 e. The van der Waals surface area contributed by atoms with Crippen LogP contribution in [0.5, 0.6) is 0 Å². The lowest BCUT2D eigenvalue weighted by molar-refractivity contribution is 0.223. The molecule has 0 saturated heterocycles. The lowest BCUT2D eigenvalue weighted by Gasteiger charge is -2.31. The molecule has 1 aromatic heterocycles. The zero-order valence-electron chi connectivity index (χ0n) is 12.5. The number of aryl methyl sites for hydroxylation is 1. The molecule has 6 nitrogen and oxygen atoms in total. The van der Waals surface area contributed by atoms with Gasteiger partial charge in [0.2, 0.25) is 0 Å². The molecule has 0 saturated carbocycles. The molecule has 6 heteroatoms. The summed E-state index contributed by atoms with van der Waals surface area (Å²) < 4.78 is 0. The normalized spacial score (nSPS) is 13.6. The quantitative estimate of drug-likeness (QED) is 0.494. The maximum Gasteiger partial charge on any atom is 0.148 e. The Balaban J connectivity index is 2.42. The molecule has 2 aromatic rings. The monoisotopic (exact) mass is 287 g/mol. The van der Waals surface area contributed by atoms with Crippen molar-refractivity contribution in [2.45, 2.75) is 26.3 Å². The molecule has 1 aromatic carbocycles. The molecule has 1 atom stereocenters. The van der Waals surface area contributed by atoms with E-state index >= 15 is 0 Å². The second kappa shape index (κ2) is 6.07. The van der Waals surface area contributed by atoms with Gasteiger partial charge in [0.15, 0.2) is 0 Å². The number of nitrogen functional groups attached to an aromatic ring is 1. The molecular formula is C15H21N5O. The summed E-state index contributed by atoms with van der Waals surface area (Å²) in [7, 11) is 0. The molecule has 1 unspecified atom stereocenters. The van der Waals surface area contributed by atoms with Crippen LogP contribution in [0.25, 0.3) is 0 Å². The molecule has 0 fully saturated rings. The smallest absolute Gasteiger partial charge is 0.148 e. The number of hydrogen-bond donors (Lipinski definition) is 4. The fraction of sp³-hybridized carbons (Fsp3) is 0.333. The number of aliphatic hydroxyl groups excluding tert-OH is 1. The van der Waals surface area contributed by atoms with Crippen molar-refractivity contribution in [2.24, 2.45) is 5.84 Å². The molecule has 0 amide bonds. The summed E-state index contributed by atoms with van der Waals surface area (Å²) in [5, 5.41) is 13.1. The zero-order valence-corrected chi connectivity index (χ0v) is 12.5. The van der Waals surface area contributed by atoms with Gasteiger partial charge in [-0.25, -0.2) is 15.8 Å². The first-order valence-corrected chi connectivity index (χ1v) is 6.76. The van der Waals surface area contributed by atoms with E-state index in [0.717, 1.165) is 11.1 Å². The van der Waals surface area contributed by atoms with Crippen LogP contribution < -0.4 is 16.6 Å². The average molecular weight is 287 g/mol. The topological polar surface area (TPSA) is 96.1 Å². The molecule has 0 aliphatic heterocycles. The number of anilines is 2. The van der Waals surface area contributed by atoms with E-state index in [0.29, 0.717) is 17.5 Å². The number of benzene rings is 1. The highest BCUT2D eigenvalue weighted by atomic mass is 16.3. The van der Waals surface area contributed by atoms with Crippen molar-refractivity contribution in [2.75, 3.05) is 17.3 Å². The lowest BCUT2D eigenvalue weighted by Crippen LogP contribution is -2.36. The minimum absolute atomic E-state index is 0.0646. The highest BCUT2D eigenvalue weighted by molar-refractivity contribution is 5.58. The second-order valence-corrected chi connectivity index (χ2v) is 5.22. The van der Waals surface area contributed by atoms with Crippen molar-refractivity contribution in [3.63, 3.8) is 0 Å². The van der Waals surface area contributed by atoms with Gasteiger partial charge in [0.25, 0.3) is 0 Å². The number of hydrogen-bond acceptors (Lipinski definition) is 6. The van der Waals surface area contributed by atoms with Gasteiger partial charge >= 0.3 is 0 Å². The lowest BCUT2D eigenvalue weighted by atomic mass is 9.92. The van der Waals surface area contributed by atoms with Gasteiger partial charge in [0, 0.05) is 5.56 Å². The van der Waals surface area contributed by atoms with Crippen molar-refractivity contribution in [1.29, 1.82) is 0 Å². The first-order chi connectivity index (χ1) is 10.00. The van der Waals surface area contributed by atoms with Gasteiger partial charge < -0.3 is 15.8 Å². The average Bonchev–Trinajstić information content (AvgIpc) is 2.51. The van der Waals surface area contributed by atoms with Crippen LogP contribution in [0.3, 0.4) is 0 Å². The van der Waals surface area contributed by atoms with Crippen LogP contribution in [0.15, 0.2) is 30.3 Å². The SMILES string of the molecule is Cc1nc(NN)c(C)c(NC(C)(CO)c2ccccc2)n1. The fourth-order valence-electron chi connectivity index (χ4n) is 2.16. The zero-order chi connectivity index (χ0) is 15.5. The third kappa shape index (κ3) is 3.12. The van der Waals surface area contributed by atoms with Crippen LogP contribution in [0.2, 0.25) is 0 Å². The molecular weight excluding hydrogens is 266 g/mol. The van der Waals surface area contributed by atoms with Crippen LogP contribution in [0.1, 0.15) is 23.9 Å². The fourth-order valence-corrected chi connectivity index (χ4v) is 2.16. The van der Waals surface area contributed by atoms with E-state index in [4.69, 9.17) is 5.84 Å². The molecule has 0 radical (unpaired) electrons. The Labute approximate surface area is 124 Å². The van der Waals surface area contributed by atoms with Gasteiger partial charge in [0.1, 0.15) is 17.5 Å². The Morgan fingerprint density at radius 3 is 2.33 bits per heavy atom. The summed E-state index contributed by atoms with van der Waals surface area (Å²) in [6.07, 6.45) is 0. The van der Waals surface area contributed by atoms with Gasteiger partial charge in [-0.1, -0.05) is 30.3 Å². The van der Waals surface area contributed by atoms with Gasteiger partial charge in [-0.2, -0.15) is 0 Å². The summed E-state index contributed by atoms with van der Waals surface area (Å²) in [6.45, 7) is 5.53. The highest BCUT2D eigenvalue weighted by Gasteiger charge is 2.27. The standard InChI is InChI=1S/C15H21N5O/c1-10-13(17-11(2)18-14(10)20-16)19-15(3,9-21)12-7-5-4-6-8-12/h4-8,21H,9,16H2,1-3H3,(H2,17,18,19,20). The summed E-state index contributed by atoms with van der Waals surface area (Å²) in [5.41, 5.74) is 3.71. The van der Waals surface area contributed by atoms with Crippen LogP contribution in [-0.2, 0) is 5.54 Å². The van der Waals surface area contributed by atoms with Crippen molar-refractivity contribution in [3.8, 4) is 0 Å². The molecule has 21 heavy (non-hydrogen) atoms. The van der Waals surface area contributed by atoms with Gasteiger partial charge in [-0.05, 0) is 26.3 Å². The van der Waals surface area contributed by atoms with E-state index in [-0.39, 0.29) is 6.61 Å². The molecule has 0 aliphatic carbocycles. The predicted molar refractivity (Wildman–Crippen MR) is 83.8 cm³/mol. The highest BCUT2D eigenvalue weighted by Crippen LogP contribution is 2.28. The molecule has 0 spiro atoms. The van der Waals surface area contributed by atoms with Crippen LogP contribution in [0, 0.1) is 13.8 Å². The number of aliphatic hydroxyl groups is 1. The maximum absolute atomic E-state index is 9.84. The molecule has 0 aliphatic rings. The van der Waals surface area contributed by atoms with E-state index in [9.17, 15) is 5.11 Å². The summed E-state index contributed by atoms with van der Waals surface area (Å²) in [5.74, 6) is 7.30.